The molecule has 21 heavy (non-hydrogen) atoms. The standard InChI is InChI=1S/C17H25N3S/c1-3-15(4-2)20-9-8-14(19-20)11-18-12-16-10-13-6-5-7-17(13)21-16/h8-10,15,18H,3-7,11-12H2,1-2H3. The Labute approximate surface area is 131 Å². The van der Waals surface area contributed by atoms with Gasteiger partial charge in [0.15, 0.2) is 0 Å². The number of hydrogen-bond donors (Lipinski definition) is 1. The number of fused-ring (bicyclic) bond motifs is 1. The third-order valence-electron chi connectivity index (χ3n) is 4.38. The number of rotatable bonds is 7. The summed E-state index contributed by atoms with van der Waals surface area (Å²) >= 11 is 1.99. The largest absolute Gasteiger partial charge is 0.306 e. The highest BCUT2D eigenvalue weighted by Gasteiger charge is 2.14. The predicted molar refractivity (Wildman–Crippen MR) is 88.7 cm³/mol. The van der Waals surface area contributed by atoms with E-state index in [-0.39, 0.29) is 0 Å². The summed E-state index contributed by atoms with van der Waals surface area (Å²) < 4.78 is 2.12. The Morgan fingerprint density at radius 3 is 2.90 bits per heavy atom. The predicted octanol–water partition coefficient (Wildman–Crippen LogP) is 4.08. The molecule has 1 aliphatic carbocycles. The summed E-state index contributed by atoms with van der Waals surface area (Å²) in [5.74, 6) is 0. The highest BCUT2D eigenvalue weighted by atomic mass is 32.1. The van der Waals surface area contributed by atoms with Gasteiger partial charge >= 0.3 is 0 Å². The third-order valence-corrected chi connectivity index (χ3v) is 5.62. The van der Waals surface area contributed by atoms with Crippen molar-refractivity contribution >= 4 is 11.3 Å². The molecule has 2 aromatic rings. The van der Waals surface area contributed by atoms with E-state index in [1.54, 1.807) is 10.4 Å². The minimum atomic E-state index is 0.541. The fraction of sp³-hybridized carbons (Fsp3) is 0.588. The lowest BCUT2D eigenvalue weighted by molar-refractivity contribution is 0.424. The highest BCUT2D eigenvalue weighted by molar-refractivity contribution is 7.12. The summed E-state index contributed by atoms with van der Waals surface area (Å²) in [4.78, 5) is 3.09. The molecular formula is C17H25N3S. The van der Waals surface area contributed by atoms with Crippen molar-refractivity contribution in [2.75, 3.05) is 0 Å². The van der Waals surface area contributed by atoms with Crippen molar-refractivity contribution in [3.63, 3.8) is 0 Å². The van der Waals surface area contributed by atoms with Gasteiger partial charge < -0.3 is 5.32 Å². The van der Waals surface area contributed by atoms with Gasteiger partial charge in [-0.1, -0.05) is 13.8 Å². The van der Waals surface area contributed by atoms with Crippen molar-refractivity contribution in [2.24, 2.45) is 0 Å². The van der Waals surface area contributed by atoms with Gasteiger partial charge in [0.25, 0.3) is 0 Å². The number of thiophene rings is 1. The molecule has 0 unspecified atom stereocenters. The third kappa shape index (κ3) is 3.38. The van der Waals surface area contributed by atoms with E-state index in [0.717, 1.165) is 31.6 Å². The maximum Gasteiger partial charge on any atom is 0.0762 e. The van der Waals surface area contributed by atoms with E-state index in [4.69, 9.17) is 5.10 Å². The summed E-state index contributed by atoms with van der Waals surface area (Å²) in [6.45, 7) is 6.28. The van der Waals surface area contributed by atoms with Gasteiger partial charge in [0.05, 0.1) is 11.7 Å². The van der Waals surface area contributed by atoms with Crippen LogP contribution in [-0.4, -0.2) is 9.78 Å². The first-order valence-electron chi connectivity index (χ1n) is 8.15. The number of hydrogen-bond acceptors (Lipinski definition) is 3. The molecule has 2 heterocycles. The van der Waals surface area contributed by atoms with Crippen LogP contribution in [0.5, 0.6) is 0 Å². The molecule has 0 bridgehead atoms. The van der Waals surface area contributed by atoms with Crippen LogP contribution in [0.1, 0.15) is 60.2 Å². The molecular weight excluding hydrogens is 278 g/mol. The van der Waals surface area contributed by atoms with E-state index in [9.17, 15) is 0 Å². The molecule has 4 heteroatoms. The lowest BCUT2D eigenvalue weighted by Crippen LogP contribution is -2.13. The maximum absolute atomic E-state index is 4.69. The van der Waals surface area contributed by atoms with E-state index in [1.165, 1.54) is 24.1 Å². The molecule has 0 aliphatic heterocycles. The molecule has 0 atom stereocenters. The zero-order valence-corrected chi connectivity index (χ0v) is 13.9. The Bertz CT molecular complexity index is 559. The van der Waals surface area contributed by atoms with Gasteiger partial charge in [0.1, 0.15) is 0 Å². The Hall–Kier alpha value is -1.13. The molecule has 114 valence electrons. The van der Waals surface area contributed by atoms with E-state index >= 15 is 0 Å². The first kappa shape index (κ1) is 14.8. The van der Waals surface area contributed by atoms with Crippen LogP contribution in [-0.2, 0) is 25.9 Å². The minimum absolute atomic E-state index is 0.541. The van der Waals surface area contributed by atoms with E-state index in [0.29, 0.717) is 6.04 Å². The molecule has 0 amide bonds. The number of nitrogens with one attached hydrogen (secondary N) is 1. The van der Waals surface area contributed by atoms with Crippen LogP contribution in [0.3, 0.4) is 0 Å². The molecule has 0 spiro atoms. The Balaban J connectivity index is 1.51. The average molecular weight is 303 g/mol. The van der Waals surface area contributed by atoms with Crippen LogP contribution < -0.4 is 5.32 Å². The minimum Gasteiger partial charge on any atom is -0.306 e. The van der Waals surface area contributed by atoms with E-state index < -0.39 is 0 Å². The second-order valence-corrected chi connectivity index (χ2v) is 7.10. The second-order valence-electron chi connectivity index (χ2n) is 5.88. The maximum atomic E-state index is 4.69. The van der Waals surface area contributed by atoms with E-state index in [1.807, 2.05) is 11.3 Å². The molecule has 0 aromatic carbocycles. The van der Waals surface area contributed by atoms with Gasteiger partial charge in [-0.3, -0.25) is 4.68 Å². The van der Waals surface area contributed by atoms with Crippen molar-refractivity contribution < 1.29 is 0 Å². The Kier molecular flexibility index (Phi) is 4.76. The van der Waals surface area contributed by atoms with Gasteiger partial charge in [0.2, 0.25) is 0 Å². The van der Waals surface area contributed by atoms with Crippen LogP contribution in [0.15, 0.2) is 18.3 Å². The van der Waals surface area contributed by atoms with Gasteiger partial charge in [-0.15, -0.1) is 11.3 Å². The molecule has 1 N–H and O–H groups in total. The quantitative estimate of drug-likeness (QED) is 0.835. The van der Waals surface area contributed by atoms with Crippen molar-refractivity contribution in [1.29, 1.82) is 0 Å². The molecule has 1 aliphatic rings. The topological polar surface area (TPSA) is 29.9 Å². The first-order chi connectivity index (χ1) is 10.3. The lowest BCUT2D eigenvalue weighted by atomic mass is 10.2. The number of nitrogens with zero attached hydrogens (tertiary/aromatic N) is 2. The van der Waals surface area contributed by atoms with Crippen LogP contribution >= 0.6 is 11.3 Å². The van der Waals surface area contributed by atoms with Crippen LogP contribution in [0.4, 0.5) is 0 Å². The van der Waals surface area contributed by atoms with Crippen molar-refractivity contribution in [2.45, 2.75) is 65.1 Å². The molecule has 0 fully saturated rings. The summed E-state index contributed by atoms with van der Waals surface area (Å²) in [5.41, 5.74) is 2.74. The summed E-state index contributed by atoms with van der Waals surface area (Å²) in [5, 5.41) is 8.22. The summed E-state index contributed by atoms with van der Waals surface area (Å²) in [7, 11) is 0. The Morgan fingerprint density at radius 2 is 2.14 bits per heavy atom. The fourth-order valence-electron chi connectivity index (χ4n) is 3.13. The van der Waals surface area contributed by atoms with Gasteiger partial charge in [-0.25, -0.2) is 0 Å². The number of aromatic nitrogens is 2. The van der Waals surface area contributed by atoms with Crippen molar-refractivity contribution in [3.05, 3.63) is 39.3 Å². The monoisotopic (exact) mass is 303 g/mol. The molecule has 3 rings (SSSR count). The van der Waals surface area contributed by atoms with Crippen molar-refractivity contribution in [3.8, 4) is 0 Å². The molecule has 3 nitrogen and oxygen atoms in total. The van der Waals surface area contributed by atoms with Gasteiger partial charge in [-0.05, 0) is 49.8 Å². The summed E-state index contributed by atoms with van der Waals surface area (Å²) in [6.07, 6.45) is 8.33. The van der Waals surface area contributed by atoms with Crippen molar-refractivity contribution in [1.82, 2.24) is 15.1 Å². The van der Waals surface area contributed by atoms with Gasteiger partial charge in [0, 0.05) is 29.0 Å². The van der Waals surface area contributed by atoms with Gasteiger partial charge in [-0.2, -0.15) is 5.10 Å². The smallest absolute Gasteiger partial charge is 0.0762 e. The highest BCUT2D eigenvalue weighted by Crippen LogP contribution is 2.30. The molecule has 0 saturated heterocycles. The van der Waals surface area contributed by atoms with Crippen LogP contribution in [0.25, 0.3) is 0 Å². The SMILES string of the molecule is CCC(CC)n1ccc(CNCc2cc3c(s2)CCC3)n1. The van der Waals surface area contributed by atoms with E-state index in [2.05, 4.69) is 42.2 Å². The van der Waals surface area contributed by atoms with Crippen LogP contribution in [0, 0.1) is 0 Å². The molecule has 2 aromatic heterocycles. The fourth-order valence-corrected chi connectivity index (χ4v) is 4.36. The zero-order valence-electron chi connectivity index (χ0n) is 13.1. The second kappa shape index (κ2) is 6.75. The summed E-state index contributed by atoms with van der Waals surface area (Å²) in [6, 6.07) is 5.07. The zero-order chi connectivity index (χ0) is 14.7. The first-order valence-corrected chi connectivity index (χ1v) is 8.97. The molecule has 0 radical (unpaired) electrons. The van der Waals surface area contributed by atoms with Crippen LogP contribution in [0.2, 0.25) is 0 Å². The molecule has 0 saturated carbocycles. The Morgan fingerprint density at radius 1 is 1.29 bits per heavy atom. The average Bonchev–Trinajstić information content (AvgIpc) is 3.16. The number of aryl methyl sites for hydroxylation is 2. The lowest BCUT2D eigenvalue weighted by Gasteiger charge is -2.12. The normalized spacial score (nSPS) is 14.0.